The predicted molar refractivity (Wildman–Crippen MR) is 137 cm³/mol. The molecule has 0 N–H and O–H groups in total. The van der Waals surface area contributed by atoms with E-state index in [9.17, 15) is 17.6 Å². The van der Waals surface area contributed by atoms with E-state index in [2.05, 4.69) is 0 Å². The molecule has 7 heteroatoms. The van der Waals surface area contributed by atoms with Gasteiger partial charge in [0.15, 0.2) is 34.8 Å². The zero-order valence-corrected chi connectivity index (χ0v) is 21.4. The molecule has 0 heterocycles. The van der Waals surface area contributed by atoms with Crippen molar-refractivity contribution in [3.05, 3.63) is 94.1 Å². The van der Waals surface area contributed by atoms with Crippen LogP contribution in [0.5, 0.6) is 5.75 Å². The minimum atomic E-state index is -1.29. The highest BCUT2D eigenvalue weighted by molar-refractivity contribution is 5.67. The maximum Gasteiger partial charge on any atom is 0.201 e. The summed E-state index contributed by atoms with van der Waals surface area (Å²) in [5, 5.41) is 0. The van der Waals surface area contributed by atoms with Gasteiger partial charge in [-0.05, 0) is 74.1 Å². The van der Waals surface area contributed by atoms with Crippen LogP contribution in [-0.2, 0) is 0 Å². The quantitative estimate of drug-likeness (QED) is 0.207. The lowest BCUT2D eigenvalue weighted by molar-refractivity contribution is 0.289. The summed E-state index contributed by atoms with van der Waals surface area (Å²) in [7, 11) is 0. The van der Waals surface area contributed by atoms with E-state index in [0.717, 1.165) is 6.42 Å². The Morgan fingerprint density at radius 1 is 0.737 bits per heavy atom. The minimum absolute atomic E-state index is 0.0947. The molecule has 0 unspecified atom stereocenters. The molecule has 0 amide bonds. The van der Waals surface area contributed by atoms with Crippen molar-refractivity contribution in [2.45, 2.75) is 58.3 Å². The summed E-state index contributed by atoms with van der Waals surface area (Å²) in [6, 6.07) is 8.17. The molecule has 0 spiro atoms. The van der Waals surface area contributed by atoms with Crippen LogP contribution in [0.3, 0.4) is 0 Å². The zero-order chi connectivity index (χ0) is 27.4. The summed E-state index contributed by atoms with van der Waals surface area (Å²) >= 11 is 0. The van der Waals surface area contributed by atoms with Crippen LogP contribution in [0.15, 0.2) is 42.5 Å². The third kappa shape index (κ3) is 5.77. The third-order valence-electron chi connectivity index (χ3n) is 7.27. The van der Waals surface area contributed by atoms with E-state index >= 15 is 8.78 Å². The predicted octanol–water partition coefficient (Wildman–Crippen LogP) is 9.66. The highest BCUT2D eigenvalue weighted by Crippen LogP contribution is 2.40. The summed E-state index contributed by atoms with van der Waals surface area (Å²) in [5.41, 5.74) is -0.126. The van der Waals surface area contributed by atoms with Crippen molar-refractivity contribution >= 4 is 6.08 Å². The molecule has 3 aromatic carbocycles. The molecule has 202 valence electrons. The Kier molecular flexibility index (Phi) is 8.85. The molecule has 0 aromatic heterocycles. The fourth-order valence-electron chi connectivity index (χ4n) is 4.92. The summed E-state index contributed by atoms with van der Waals surface area (Å²) in [6.07, 6.45) is 7.37. The van der Waals surface area contributed by atoms with Crippen LogP contribution in [0.2, 0.25) is 0 Å². The van der Waals surface area contributed by atoms with E-state index in [1.807, 2.05) is 13.0 Å². The molecule has 0 saturated heterocycles. The molecule has 4 rings (SSSR count). The second-order valence-corrected chi connectivity index (χ2v) is 9.84. The first-order chi connectivity index (χ1) is 18.2. The number of halogens is 6. The number of rotatable bonds is 8. The van der Waals surface area contributed by atoms with Crippen LogP contribution in [0.25, 0.3) is 17.2 Å². The number of allylic oxidation sites excluding steroid dienone is 1. The first kappa shape index (κ1) is 27.8. The second-order valence-electron chi connectivity index (χ2n) is 9.84. The van der Waals surface area contributed by atoms with Gasteiger partial charge < -0.3 is 4.74 Å². The molecular formula is C31H30F6O. The summed E-state index contributed by atoms with van der Waals surface area (Å²) in [6.45, 7) is 3.66. The van der Waals surface area contributed by atoms with Crippen LogP contribution in [-0.4, -0.2) is 6.61 Å². The lowest BCUT2D eigenvalue weighted by Crippen LogP contribution is -2.14. The Labute approximate surface area is 219 Å². The van der Waals surface area contributed by atoms with Gasteiger partial charge in [-0.15, -0.1) is 0 Å². The molecule has 1 fully saturated rings. The Hall–Kier alpha value is -3.22. The summed E-state index contributed by atoms with van der Waals surface area (Å²) in [4.78, 5) is 0. The van der Waals surface area contributed by atoms with Crippen LogP contribution in [0.4, 0.5) is 26.3 Å². The first-order valence-corrected chi connectivity index (χ1v) is 12.9. The number of hydrogen-bond acceptors (Lipinski definition) is 1. The maximum atomic E-state index is 15.1. The normalized spacial score (nSPS) is 17.8. The van der Waals surface area contributed by atoms with Gasteiger partial charge in [0.05, 0.1) is 6.61 Å². The Balaban J connectivity index is 1.46. The van der Waals surface area contributed by atoms with E-state index in [4.69, 9.17) is 4.74 Å². The molecule has 38 heavy (non-hydrogen) atoms. The van der Waals surface area contributed by atoms with Gasteiger partial charge in [0, 0.05) is 16.7 Å². The van der Waals surface area contributed by atoms with Crippen molar-refractivity contribution in [3.8, 4) is 16.9 Å². The fourth-order valence-corrected chi connectivity index (χ4v) is 4.92. The number of aryl methyl sites for hydroxylation is 1. The number of hydrogen-bond donors (Lipinski definition) is 0. The van der Waals surface area contributed by atoms with E-state index in [-0.39, 0.29) is 52.0 Å². The average molecular weight is 533 g/mol. The topological polar surface area (TPSA) is 9.23 Å². The molecule has 0 bridgehead atoms. The van der Waals surface area contributed by atoms with Crippen LogP contribution < -0.4 is 4.74 Å². The standard InChI is InChI=1S/C31H30F6O/c1-3-4-17-38-25-16-15-24(30(36)31(25)37)23-14-13-22(28(34)29(23)35)20-10-6-19(7-11-20)8-12-21-9-5-18(2)26(32)27(21)33/h5,8-9,12-16,19-20H,3-4,6-7,10-11,17H2,1-2H3/b12-8+. The Morgan fingerprint density at radius 3 is 2.08 bits per heavy atom. The average Bonchev–Trinajstić information content (AvgIpc) is 2.92. The second kappa shape index (κ2) is 12.1. The molecule has 0 radical (unpaired) electrons. The third-order valence-corrected chi connectivity index (χ3v) is 7.27. The fraction of sp³-hybridized carbons (Fsp3) is 0.355. The lowest BCUT2D eigenvalue weighted by atomic mass is 9.78. The highest BCUT2D eigenvalue weighted by Gasteiger charge is 2.27. The van der Waals surface area contributed by atoms with Gasteiger partial charge in [-0.1, -0.05) is 49.8 Å². The number of unbranched alkanes of at least 4 members (excludes halogenated alkanes) is 1. The van der Waals surface area contributed by atoms with Crippen molar-refractivity contribution in [2.24, 2.45) is 5.92 Å². The highest BCUT2D eigenvalue weighted by atomic mass is 19.2. The maximum absolute atomic E-state index is 15.1. The van der Waals surface area contributed by atoms with Crippen LogP contribution in [0, 0.1) is 47.7 Å². The molecule has 0 atom stereocenters. The Morgan fingerprint density at radius 2 is 1.39 bits per heavy atom. The van der Waals surface area contributed by atoms with Gasteiger partial charge in [0.1, 0.15) is 0 Å². The lowest BCUT2D eigenvalue weighted by Gasteiger charge is -2.27. The van der Waals surface area contributed by atoms with Gasteiger partial charge in [-0.25, -0.2) is 22.0 Å². The van der Waals surface area contributed by atoms with Crippen LogP contribution in [0.1, 0.15) is 68.1 Å². The largest absolute Gasteiger partial charge is 0.490 e. The number of benzene rings is 3. The molecule has 1 nitrogen and oxygen atoms in total. The van der Waals surface area contributed by atoms with Crippen molar-refractivity contribution in [3.63, 3.8) is 0 Å². The summed E-state index contributed by atoms with van der Waals surface area (Å²) in [5.74, 6) is -6.98. The van der Waals surface area contributed by atoms with E-state index in [0.29, 0.717) is 32.1 Å². The molecule has 1 aliphatic carbocycles. The SMILES string of the molecule is CCCCOc1ccc(-c2ccc(C3CCC(/C=C/c4ccc(C)c(F)c4F)CC3)c(F)c2F)c(F)c1F. The van der Waals surface area contributed by atoms with E-state index < -0.39 is 34.9 Å². The Bertz CT molecular complexity index is 1320. The van der Waals surface area contributed by atoms with Gasteiger partial charge in [-0.2, -0.15) is 4.39 Å². The van der Waals surface area contributed by atoms with Crippen molar-refractivity contribution in [2.75, 3.05) is 6.61 Å². The monoisotopic (exact) mass is 532 g/mol. The minimum Gasteiger partial charge on any atom is -0.490 e. The summed E-state index contributed by atoms with van der Waals surface area (Å²) < 4.78 is 92.6. The molecule has 1 saturated carbocycles. The molecule has 3 aromatic rings. The van der Waals surface area contributed by atoms with Crippen molar-refractivity contribution in [1.29, 1.82) is 0 Å². The molecule has 0 aliphatic heterocycles. The first-order valence-electron chi connectivity index (χ1n) is 12.9. The van der Waals surface area contributed by atoms with Gasteiger partial charge in [-0.3, -0.25) is 0 Å². The van der Waals surface area contributed by atoms with Gasteiger partial charge in [0.25, 0.3) is 0 Å². The smallest absolute Gasteiger partial charge is 0.201 e. The van der Waals surface area contributed by atoms with Gasteiger partial charge >= 0.3 is 0 Å². The number of ether oxygens (including phenoxy) is 1. The molecule has 1 aliphatic rings. The van der Waals surface area contributed by atoms with Crippen molar-refractivity contribution < 1.29 is 31.1 Å². The molecular weight excluding hydrogens is 502 g/mol. The van der Waals surface area contributed by atoms with E-state index in [1.165, 1.54) is 43.3 Å². The van der Waals surface area contributed by atoms with Gasteiger partial charge in [0.2, 0.25) is 5.82 Å². The zero-order valence-electron chi connectivity index (χ0n) is 21.4. The van der Waals surface area contributed by atoms with E-state index in [1.54, 1.807) is 6.08 Å². The van der Waals surface area contributed by atoms with Crippen LogP contribution >= 0.6 is 0 Å². The van der Waals surface area contributed by atoms with Crippen molar-refractivity contribution in [1.82, 2.24) is 0 Å².